The fraction of sp³-hybridized carbons (Fsp3) is 0.261. The van der Waals surface area contributed by atoms with Gasteiger partial charge in [0.25, 0.3) is 5.91 Å². The first-order valence-electron chi connectivity index (χ1n) is 10.3. The van der Waals surface area contributed by atoms with Crippen molar-refractivity contribution < 1.29 is 17.9 Å². The van der Waals surface area contributed by atoms with Crippen LogP contribution in [0.2, 0.25) is 10.0 Å². The van der Waals surface area contributed by atoms with Crippen LogP contribution in [0.4, 0.5) is 0 Å². The highest BCUT2D eigenvalue weighted by Gasteiger charge is 2.25. The summed E-state index contributed by atoms with van der Waals surface area (Å²) < 4.78 is 29.8. The molecule has 4 rings (SSSR count). The van der Waals surface area contributed by atoms with Gasteiger partial charge in [-0.05, 0) is 60.6 Å². The van der Waals surface area contributed by atoms with Crippen LogP contribution in [0, 0.1) is 0 Å². The zero-order chi connectivity index (χ0) is 23.6. The number of benzene rings is 2. The number of hydrogen-bond donors (Lipinski definition) is 1. The molecule has 2 aromatic carbocycles. The van der Waals surface area contributed by atoms with Gasteiger partial charge in [-0.3, -0.25) is 4.79 Å². The molecule has 33 heavy (non-hydrogen) atoms. The normalized spacial score (nSPS) is 13.5. The van der Waals surface area contributed by atoms with Crippen LogP contribution in [0.25, 0.3) is 0 Å². The van der Waals surface area contributed by atoms with Gasteiger partial charge in [0.1, 0.15) is 5.75 Å². The van der Waals surface area contributed by atoms with Crippen LogP contribution in [0.15, 0.2) is 53.8 Å². The van der Waals surface area contributed by atoms with Crippen LogP contribution in [0.1, 0.15) is 40.4 Å². The van der Waals surface area contributed by atoms with E-state index >= 15 is 0 Å². The molecule has 0 atom stereocenters. The number of aromatic nitrogens is 2. The Morgan fingerprint density at radius 2 is 1.97 bits per heavy atom. The molecule has 1 aliphatic rings. The summed E-state index contributed by atoms with van der Waals surface area (Å²) in [7, 11) is -3.72. The highest BCUT2D eigenvalue weighted by molar-refractivity contribution is 7.90. The molecule has 0 unspecified atom stereocenters. The van der Waals surface area contributed by atoms with Crippen molar-refractivity contribution in [2.24, 2.45) is 0 Å². The molecule has 1 aromatic heterocycles. The van der Waals surface area contributed by atoms with Gasteiger partial charge < -0.3 is 10.1 Å². The van der Waals surface area contributed by atoms with E-state index in [9.17, 15) is 13.2 Å². The Kier molecular flexibility index (Phi) is 6.88. The minimum Gasteiger partial charge on any atom is -0.453 e. The molecule has 7 nitrogen and oxygen atoms in total. The third kappa shape index (κ3) is 6.01. The molecule has 1 fully saturated rings. The van der Waals surface area contributed by atoms with Gasteiger partial charge in [-0.25, -0.2) is 18.4 Å². The third-order valence-electron chi connectivity index (χ3n) is 5.11. The maximum absolute atomic E-state index is 12.9. The lowest BCUT2D eigenvalue weighted by atomic mass is 10.1. The van der Waals surface area contributed by atoms with E-state index in [-0.39, 0.29) is 18.0 Å². The van der Waals surface area contributed by atoms with E-state index in [0.29, 0.717) is 28.1 Å². The minimum absolute atomic E-state index is 0.0670. The molecule has 0 radical (unpaired) electrons. The van der Waals surface area contributed by atoms with Gasteiger partial charge in [-0.2, -0.15) is 0 Å². The summed E-state index contributed by atoms with van der Waals surface area (Å²) in [5.41, 5.74) is 1.81. The van der Waals surface area contributed by atoms with Crippen molar-refractivity contribution in [3.05, 3.63) is 75.5 Å². The number of hydrogen-bond acceptors (Lipinski definition) is 6. The second-order valence-corrected chi connectivity index (χ2v) is 10.6. The van der Waals surface area contributed by atoms with Crippen LogP contribution in [-0.2, 0) is 16.3 Å². The average molecular weight is 506 g/mol. The predicted octanol–water partition coefficient (Wildman–Crippen LogP) is 4.83. The van der Waals surface area contributed by atoms with Gasteiger partial charge >= 0.3 is 0 Å². The number of amides is 1. The van der Waals surface area contributed by atoms with Gasteiger partial charge in [0.15, 0.2) is 11.4 Å². The first-order valence-corrected chi connectivity index (χ1v) is 12.9. The topological polar surface area (TPSA) is 98.3 Å². The maximum atomic E-state index is 12.9. The zero-order valence-electron chi connectivity index (χ0n) is 17.7. The number of nitrogens with one attached hydrogen (secondary N) is 1. The average Bonchev–Trinajstić information content (AvgIpc) is 3.60. The molecule has 1 aliphatic carbocycles. The van der Waals surface area contributed by atoms with Crippen LogP contribution < -0.4 is 10.1 Å². The van der Waals surface area contributed by atoms with E-state index in [1.165, 1.54) is 6.20 Å². The zero-order valence-corrected chi connectivity index (χ0v) is 20.0. The Labute approximate surface area is 202 Å². The summed E-state index contributed by atoms with van der Waals surface area (Å²) in [6.45, 7) is 0.245. The highest BCUT2D eigenvalue weighted by Crippen LogP contribution is 2.41. The SMILES string of the molecule is CS(=O)(=O)c1ncc(Oc2cccc(C3CC3)c2)c(C(=O)NCCc2ccc(Cl)cc2Cl)n1. The number of rotatable bonds is 8. The lowest BCUT2D eigenvalue weighted by molar-refractivity contribution is 0.0945. The molecule has 1 heterocycles. The first kappa shape index (κ1) is 23.5. The number of ether oxygens (including phenoxy) is 1. The molecule has 0 aliphatic heterocycles. The van der Waals surface area contributed by atoms with Crippen molar-refractivity contribution in [2.45, 2.75) is 30.3 Å². The summed E-state index contributed by atoms with van der Waals surface area (Å²) >= 11 is 12.1. The smallest absolute Gasteiger partial charge is 0.273 e. The predicted molar refractivity (Wildman–Crippen MR) is 126 cm³/mol. The molecule has 1 N–H and O–H groups in total. The Morgan fingerprint density at radius 3 is 2.67 bits per heavy atom. The number of sulfone groups is 1. The lowest BCUT2D eigenvalue weighted by Crippen LogP contribution is -2.27. The molecular formula is C23H21Cl2N3O4S. The van der Waals surface area contributed by atoms with Gasteiger partial charge in [0.2, 0.25) is 15.0 Å². The third-order valence-corrected chi connectivity index (χ3v) is 6.56. The number of nitrogens with zero attached hydrogens (tertiary/aromatic N) is 2. The molecule has 10 heteroatoms. The van der Waals surface area contributed by atoms with Crippen molar-refractivity contribution in [2.75, 3.05) is 12.8 Å². The standard InChI is InChI=1S/C23H21Cl2N3O4S/c1-33(30,31)23-27-13-20(32-18-4-2-3-16(11-18)14-5-6-14)21(28-23)22(29)26-10-9-15-7-8-17(24)12-19(15)25/h2-4,7-8,11-14H,5-6,9-10H2,1H3,(H,26,29). The Bertz CT molecular complexity index is 1310. The van der Waals surface area contributed by atoms with Crippen molar-refractivity contribution in [1.82, 2.24) is 15.3 Å². The van der Waals surface area contributed by atoms with E-state index in [4.69, 9.17) is 27.9 Å². The summed E-state index contributed by atoms with van der Waals surface area (Å²) in [5, 5.41) is 3.31. The first-order chi connectivity index (χ1) is 15.7. The fourth-order valence-electron chi connectivity index (χ4n) is 3.27. The second-order valence-electron chi connectivity index (χ2n) is 7.83. The van der Waals surface area contributed by atoms with E-state index in [1.54, 1.807) is 24.3 Å². The van der Waals surface area contributed by atoms with Gasteiger partial charge in [0, 0.05) is 22.8 Å². The van der Waals surface area contributed by atoms with Gasteiger partial charge in [0.05, 0.1) is 6.20 Å². The van der Waals surface area contributed by atoms with Crippen LogP contribution in [-0.4, -0.2) is 37.1 Å². The van der Waals surface area contributed by atoms with E-state index in [1.807, 2.05) is 18.2 Å². The van der Waals surface area contributed by atoms with Crippen molar-refractivity contribution in [1.29, 1.82) is 0 Å². The highest BCUT2D eigenvalue weighted by atomic mass is 35.5. The molecule has 0 saturated heterocycles. The lowest BCUT2D eigenvalue weighted by Gasteiger charge is -2.12. The number of halogens is 2. The Balaban J connectivity index is 1.55. The largest absolute Gasteiger partial charge is 0.453 e. The molecule has 0 bridgehead atoms. The quantitative estimate of drug-likeness (QED) is 0.440. The molecule has 172 valence electrons. The summed E-state index contributed by atoms with van der Waals surface area (Å²) in [5.74, 6) is 0.537. The van der Waals surface area contributed by atoms with Gasteiger partial charge in [-0.15, -0.1) is 0 Å². The van der Waals surface area contributed by atoms with Crippen LogP contribution in [0.5, 0.6) is 11.5 Å². The molecule has 0 spiro atoms. The van der Waals surface area contributed by atoms with Crippen LogP contribution >= 0.6 is 23.2 Å². The fourth-order valence-corrected chi connectivity index (χ4v) is 4.27. The maximum Gasteiger partial charge on any atom is 0.273 e. The van der Waals surface area contributed by atoms with Gasteiger partial charge in [-0.1, -0.05) is 41.4 Å². The molecule has 3 aromatic rings. The molecule has 1 amide bonds. The number of carbonyl (C=O) groups excluding carboxylic acids is 1. The Hall–Kier alpha value is -2.68. The molecular weight excluding hydrogens is 485 g/mol. The van der Waals surface area contributed by atoms with Crippen molar-refractivity contribution in [3.63, 3.8) is 0 Å². The Morgan fingerprint density at radius 1 is 1.18 bits per heavy atom. The monoisotopic (exact) mass is 505 g/mol. The second kappa shape index (κ2) is 9.67. The summed E-state index contributed by atoms with van der Waals surface area (Å²) in [6, 6.07) is 12.7. The minimum atomic E-state index is -3.72. The van der Waals surface area contributed by atoms with Crippen molar-refractivity contribution in [3.8, 4) is 11.5 Å². The number of carbonyl (C=O) groups is 1. The van der Waals surface area contributed by atoms with E-state index in [2.05, 4.69) is 15.3 Å². The van der Waals surface area contributed by atoms with Crippen LogP contribution in [0.3, 0.4) is 0 Å². The summed E-state index contributed by atoms with van der Waals surface area (Å²) in [4.78, 5) is 20.8. The van der Waals surface area contributed by atoms with Crippen molar-refractivity contribution >= 4 is 38.9 Å². The van der Waals surface area contributed by atoms with E-state index < -0.39 is 20.9 Å². The molecule has 1 saturated carbocycles. The van der Waals surface area contributed by atoms with E-state index in [0.717, 1.165) is 30.2 Å². The summed E-state index contributed by atoms with van der Waals surface area (Å²) in [6.07, 6.45) is 4.91.